The zero-order valence-corrected chi connectivity index (χ0v) is 12.4. The van der Waals surface area contributed by atoms with Crippen LogP contribution in [0.25, 0.3) is 0 Å². The lowest BCUT2D eigenvalue weighted by atomic mass is 10.1. The van der Waals surface area contributed by atoms with Gasteiger partial charge in [-0.05, 0) is 23.6 Å². The first-order valence-electron chi connectivity index (χ1n) is 6.20. The van der Waals surface area contributed by atoms with Gasteiger partial charge < -0.3 is 10.1 Å². The number of carbonyl (C=O) groups is 1. The van der Waals surface area contributed by atoms with E-state index in [-0.39, 0.29) is 16.7 Å². The summed E-state index contributed by atoms with van der Waals surface area (Å²) in [4.78, 5) is 11.7. The van der Waals surface area contributed by atoms with Gasteiger partial charge in [0.1, 0.15) is 0 Å². The second kappa shape index (κ2) is 7.37. The van der Waals surface area contributed by atoms with Crippen LogP contribution < -0.4 is 10.5 Å². The maximum Gasteiger partial charge on any atom is 0.238 e. The molecule has 0 fully saturated rings. The number of primary sulfonamides is 1. The highest BCUT2D eigenvalue weighted by molar-refractivity contribution is 7.89. The summed E-state index contributed by atoms with van der Waals surface area (Å²) < 4.78 is 27.1. The summed E-state index contributed by atoms with van der Waals surface area (Å²) in [6.45, 7) is 2.82. The van der Waals surface area contributed by atoms with Crippen LogP contribution in [0.2, 0.25) is 0 Å². The van der Waals surface area contributed by atoms with Crippen LogP contribution in [0.5, 0.6) is 0 Å². The number of amides is 1. The molecule has 1 aromatic carbocycles. The third kappa shape index (κ3) is 5.68. The maximum absolute atomic E-state index is 11.6. The molecule has 0 aliphatic rings. The van der Waals surface area contributed by atoms with Crippen LogP contribution in [0.1, 0.15) is 18.9 Å². The minimum Gasteiger partial charge on any atom is -0.384 e. The molecule has 0 saturated carbocycles. The van der Waals surface area contributed by atoms with E-state index in [4.69, 9.17) is 9.88 Å². The molecule has 0 radical (unpaired) electrons. The Bertz CT molecular complexity index is 540. The molecular formula is C13H20N2O4S. The normalized spacial score (nSPS) is 12.9. The van der Waals surface area contributed by atoms with E-state index < -0.39 is 10.0 Å². The smallest absolute Gasteiger partial charge is 0.238 e. The molecule has 0 aromatic heterocycles. The molecule has 20 heavy (non-hydrogen) atoms. The lowest BCUT2D eigenvalue weighted by Gasteiger charge is -2.10. The number of nitrogens with two attached hydrogens (primary N) is 1. The van der Waals surface area contributed by atoms with Gasteiger partial charge in [-0.1, -0.05) is 19.1 Å². The Morgan fingerprint density at radius 3 is 2.45 bits per heavy atom. The van der Waals surface area contributed by atoms with Crippen molar-refractivity contribution in [1.82, 2.24) is 5.32 Å². The summed E-state index contributed by atoms with van der Waals surface area (Å²) >= 11 is 0. The topological polar surface area (TPSA) is 98.5 Å². The Labute approximate surface area is 119 Å². The van der Waals surface area contributed by atoms with E-state index in [2.05, 4.69) is 5.32 Å². The van der Waals surface area contributed by atoms with Crippen molar-refractivity contribution in [3.05, 3.63) is 29.8 Å². The standard InChI is InChI=1S/C13H20N2O4S/c1-10(9-19-2)7-13(16)15-8-11-3-5-12(6-4-11)20(14,17)18/h3-6,10H,7-9H2,1-2H3,(H,15,16)(H2,14,17,18). The molecule has 1 aromatic rings. The molecule has 112 valence electrons. The quantitative estimate of drug-likeness (QED) is 0.771. The third-order valence-electron chi connectivity index (χ3n) is 2.73. The van der Waals surface area contributed by atoms with E-state index in [1.807, 2.05) is 6.92 Å². The fraction of sp³-hybridized carbons (Fsp3) is 0.462. The number of benzene rings is 1. The summed E-state index contributed by atoms with van der Waals surface area (Å²) in [6, 6.07) is 6.09. The first kappa shape index (κ1) is 16.6. The summed E-state index contributed by atoms with van der Waals surface area (Å²) in [6.07, 6.45) is 0.392. The van der Waals surface area contributed by atoms with Gasteiger partial charge in [0.05, 0.1) is 4.90 Å². The van der Waals surface area contributed by atoms with E-state index in [1.54, 1.807) is 19.2 Å². The molecule has 1 rings (SSSR count). The van der Waals surface area contributed by atoms with Crippen molar-refractivity contribution in [2.24, 2.45) is 11.1 Å². The average Bonchev–Trinajstić information content (AvgIpc) is 2.36. The molecule has 1 amide bonds. The number of hydrogen-bond acceptors (Lipinski definition) is 4. The maximum atomic E-state index is 11.6. The van der Waals surface area contributed by atoms with Crippen LogP contribution in [0, 0.1) is 5.92 Å². The van der Waals surface area contributed by atoms with Crippen molar-refractivity contribution in [1.29, 1.82) is 0 Å². The van der Waals surface area contributed by atoms with Gasteiger partial charge in [-0.25, -0.2) is 13.6 Å². The van der Waals surface area contributed by atoms with E-state index in [9.17, 15) is 13.2 Å². The summed E-state index contributed by atoms with van der Waals surface area (Å²) in [5, 5.41) is 7.77. The van der Waals surface area contributed by atoms with Crippen molar-refractivity contribution < 1.29 is 17.9 Å². The number of sulfonamides is 1. The summed E-state index contributed by atoms with van der Waals surface area (Å²) in [5.74, 6) is 0.0924. The van der Waals surface area contributed by atoms with Crippen LogP contribution in [-0.2, 0) is 26.1 Å². The van der Waals surface area contributed by atoms with E-state index in [0.29, 0.717) is 19.6 Å². The van der Waals surface area contributed by atoms with Crippen molar-refractivity contribution in [3.8, 4) is 0 Å². The predicted molar refractivity (Wildman–Crippen MR) is 75.3 cm³/mol. The molecule has 1 unspecified atom stereocenters. The molecule has 7 heteroatoms. The number of methoxy groups -OCH3 is 1. The molecule has 0 spiro atoms. The second-order valence-electron chi connectivity index (χ2n) is 4.73. The highest BCUT2D eigenvalue weighted by atomic mass is 32.2. The summed E-state index contributed by atoms with van der Waals surface area (Å²) in [7, 11) is -2.08. The van der Waals surface area contributed by atoms with Gasteiger partial charge in [-0.2, -0.15) is 0 Å². The molecule has 6 nitrogen and oxygen atoms in total. The van der Waals surface area contributed by atoms with Crippen LogP contribution >= 0.6 is 0 Å². The number of carbonyl (C=O) groups excluding carboxylic acids is 1. The molecule has 1 atom stereocenters. The highest BCUT2D eigenvalue weighted by Gasteiger charge is 2.09. The number of nitrogens with one attached hydrogen (secondary N) is 1. The zero-order chi connectivity index (χ0) is 15.2. The largest absolute Gasteiger partial charge is 0.384 e. The van der Waals surface area contributed by atoms with Crippen LogP contribution in [0.3, 0.4) is 0 Å². The molecule has 0 aliphatic heterocycles. The lowest BCUT2D eigenvalue weighted by Crippen LogP contribution is -2.25. The van der Waals surface area contributed by atoms with Crippen molar-refractivity contribution in [2.75, 3.05) is 13.7 Å². The Morgan fingerprint density at radius 1 is 1.35 bits per heavy atom. The Kier molecular flexibility index (Phi) is 6.12. The van der Waals surface area contributed by atoms with Crippen LogP contribution in [-0.4, -0.2) is 28.0 Å². The van der Waals surface area contributed by atoms with Crippen LogP contribution in [0.15, 0.2) is 29.2 Å². The van der Waals surface area contributed by atoms with Gasteiger partial charge >= 0.3 is 0 Å². The van der Waals surface area contributed by atoms with Crippen LogP contribution in [0.4, 0.5) is 0 Å². The Hall–Kier alpha value is -1.44. The predicted octanol–water partition coefficient (Wildman–Crippen LogP) is 0.623. The van der Waals surface area contributed by atoms with Crippen molar-refractivity contribution >= 4 is 15.9 Å². The van der Waals surface area contributed by atoms with Gasteiger partial charge in [0, 0.05) is 26.7 Å². The molecule has 0 aliphatic carbocycles. The first-order chi connectivity index (χ1) is 9.32. The van der Waals surface area contributed by atoms with Crippen molar-refractivity contribution in [3.63, 3.8) is 0 Å². The van der Waals surface area contributed by atoms with Gasteiger partial charge in [0.15, 0.2) is 0 Å². The number of hydrogen-bond donors (Lipinski definition) is 2. The number of ether oxygens (including phenoxy) is 1. The van der Waals surface area contributed by atoms with E-state index >= 15 is 0 Å². The van der Waals surface area contributed by atoms with Gasteiger partial charge in [-0.15, -0.1) is 0 Å². The molecule has 0 bridgehead atoms. The second-order valence-corrected chi connectivity index (χ2v) is 6.29. The fourth-order valence-corrected chi connectivity index (χ4v) is 2.25. The first-order valence-corrected chi connectivity index (χ1v) is 7.75. The van der Waals surface area contributed by atoms with E-state index in [0.717, 1.165) is 5.56 Å². The molecule has 0 saturated heterocycles. The molecule has 3 N–H and O–H groups in total. The fourth-order valence-electron chi connectivity index (χ4n) is 1.73. The third-order valence-corrected chi connectivity index (χ3v) is 3.66. The Morgan fingerprint density at radius 2 is 1.95 bits per heavy atom. The highest BCUT2D eigenvalue weighted by Crippen LogP contribution is 2.09. The minimum atomic E-state index is -3.67. The van der Waals surface area contributed by atoms with Crippen molar-refractivity contribution in [2.45, 2.75) is 24.8 Å². The summed E-state index contributed by atoms with van der Waals surface area (Å²) in [5.41, 5.74) is 0.810. The SMILES string of the molecule is COCC(C)CC(=O)NCc1ccc(S(N)(=O)=O)cc1. The lowest BCUT2D eigenvalue weighted by molar-refractivity contribution is -0.122. The van der Waals surface area contributed by atoms with Gasteiger partial charge in [-0.3, -0.25) is 4.79 Å². The monoisotopic (exact) mass is 300 g/mol. The molecular weight excluding hydrogens is 280 g/mol. The van der Waals surface area contributed by atoms with Gasteiger partial charge in [0.25, 0.3) is 0 Å². The van der Waals surface area contributed by atoms with Gasteiger partial charge in [0.2, 0.25) is 15.9 Å². The number of rotatable bonds is 7. The minimum absolute atomic E-state index is 0.0568. The van der Waals surface area contributed by atoms with E-state index in [1.165, 1.54) is 12.1 Å². The Balaban J connectivity index is 2.48. The molecule has 0 heterocycles. The zero-order valence-electron chi connectivity index (χ0n) is 11.6. The average molecular weight is 300 g/mol.